The van der Waals surface area contributed by atoms with Crippen LogP contribution >= 0.6 is 0 Å². The summed E-state index contributed by atoms with van der Waals surface area (Å²) in [5, 5.41) is 12.6. The van der Waals surface area contributed by atoms with Gasteiger partial charge in [-0.1, -0.05) is 30.3 Å². The van der Waals surface area contributed by atoms with E-state index in [9.17, 15) is 0 Å². The molecule has 1 heterocycles. The van der Waals surface area contributed by atoms with Crippen molar-refractivity contribution in [3.8, 4) is 0 Å². The Bertz CT molecular complexity index is 302. The topological polar surface area (TPSA) is 35.5 Å². The Labute approximate surface area is 90.7 Å². The van der Waals surface area contributed by atoms with Gasteiger partial charge in [0, 0.05) is 25.2 Å². The Morgan fingerprint density at radius 3 is 2.73 bits per heavy atom. The van der Waals surface area contributed by atoms with Gasteiger partial charge < -0.3 is 10.4 Å². The van der Waals surface area contributed by atoms with Crippen LogP contribution in [-0.2, 0) is 0 Å². The fraction of sp³-hybridized carbons (Fsp3) is 0.500. The Morgan fingerprint density at radius 1 is 1.40 bits per heavy atom. The van der Waals surface area contributed by atoms with Gasteiger partial charge in [0.15, 0.2) is 0 Å². The van der Waals surface area contributed by atoms with Gasteiger partial charge >= 0.3 is 0 Å². The molecule has 0 amide bonds. The normalized spacial score (nSPS) is 27.9. The molecule has 1 saturated heterocycles. The van der Waals surface area contributed by atoms with E-state index in [-0.39, 0.29) is 12.6 Å². The van der Waals surface area contributed by atoms with Crippen LogP contribution in [0.3, 0.4) is 0 Å². The minimum absolute atomic E-state index is 0.227. The van der Waals surface area contributed by atoms with E-state index in [1.807, 2.05) is 6.07 Å². The molecule has 0 spiro atoms. The SMILES string of the molecule is CN1CC(c2ccccc2)NCC1CO. The van der Waals surface area contributed by atoms with Crippen molar-refractivity contribution >= 4 is 0 Å². The molecule has 0 saturated carbocycles. The van der Waals surface area contributed by atoms with Crippen molar-refractivity contribution in [2.75, 3.05) is 26.7 Å². The van der Waals surface area contributed by atoms with Crippen LogP contribution in [0.5, 0.6) is 0 Å². The van der Waals surface area contributed by atoms with Crippen molar-refractivity contribution in [3.05, 3.63) is 35.9 Å². The van der Waals surface area contributed by atoms with Crippen molar-refractivity contribution < 1.29 is 5.11 Å². The molecule has 2 atom stereocenters. The summed E-state index contributed by atoms with van der Waals surface area (Å²) in [5.74, 6) is 0. The molecule has 2 unspecified atom stereocenters. The van der Waals surface area contributed by atoms with E-state index in [4.69, 9.17) is 5.11 Å². The van der Waals surface area contributed by atoms with Gasteiger partial charge in [-0.25, -0.2) is 0 Å². The highest BCUT2D eigenvalue weighted by molar-refractivity contribution is 5.20. The quantitative estimate of drug-likeness (QED) is 0.745. The number of nitrogens with zero attached hydrogens (tertiary/aromatic N) is 1. The number of aliphatic hydroxyl groups is 1. The maximum Gasteiger partial charge on any atom is 0.0599 e. The Morgan fingerprint density at radius 2 is 2.13 bits per heavy atom. The number of piperazine rings is 1. The smallest absolute Gasteiger partial charge is 0.0599 e. The number of likely N-dealkylation sites (N-methyl/N-ethyl adjacent to an activating group) is 1. The summed E-state index contributed by atoms with van der Waals surface area (Å²) >= 11 is 0. The molecule has 0 aliphatic carbocycles. The molecule has 0 bridgehead atoms. The number of rotatable bonds is 2. The van der Waals surface area contributed by atoms with E-state index < -0.39 is 0 Å². The van der Waals surface area contributed by atoms with Crippen molar-refractivity contribution in [1.82, 2.24) is 10.2 Å². The lowest BCUT2D eigenvalue weighted by molar-refractivity contribution is 0.104. The van der Waals surface area contributed by atoms with E-state index in [2.05, 4.69) is 41.5 Å². The largest absolute Gasteiger partial charge is 0.395 e. The first kappa shape index (κ1) is 10.6. The number of benzene rings is 1. The molecular weight excluding hydrogens is 188 g/mol. The Hall–Kier alpha value is -0.900. The molecule has 1 aliphatic heterocycles. The highest BCUT2D eigenvalue weighted by Gasteiger charge is 2.24. The first-order valence-electron chi connectivity index (χ1n) is 5.40. The number of hydrogen-bond acceptors (Lipinski definition) is 3. The van der Waals surface area contributed by atoms with Crippen LogP contribution in [0.15, 0.2) is 30.3 Å². The summed E-state index contributed by atoms with van der Waals surface area (Å²) in [6.45, 7) is 2.03. The van der Waals surface area contributed by atoms with E-state index in [0.717, 1.165) is 13.1 Å². The maximum atomic E-state index is 9.14. The number of hydrogen-bond donors (Lipinski definition) is 2. The highest BCUT2D eigenvalue weighted by atomic mass is 16.3. The summed E-state index contributed by atoms with van der Waals surface area (Å²) in [7, 11) is 2.07. The van der Waals surface area contributed by atoms with Crippen molar-refractivity contribution in [3.63, 3.8) is 0 Å². The Kier molecular flexibility index (Phi) is 3.36. The summed E-state index contributed by atoms with van der Waals surface area (Å²) in [6, 6.07) is 11.1. The van der Waals surface area contributed by atoms with Crippen LogP contribution in [-0.4, -0.2) is 42.8 Å². The van der Waals surface area contributed by atoms with E-state index in [1.54, 1.807) is 0 Å². The van der Waals surface area contributed by atoms with Gasteiger partial charge in [-0.2, -0.15) is 0 Å². The zero-order valence-electron chi connectivity index (χ0n) is 9.06. The molecule has 82 valence electrons. The van der Waals surface area contributed by atoms with Crippen molar-refractivity contribution in [2.45, 2.75) is 12.1 Å². The molecule has 2 rings (SSSR count). The molecule has 3 heteroatoms. The molecule has 1 aromatic rings. The first-order valence-corrected chi connectivity index (χ1v) is 5.40. The molecule has 1 fully saturated rings. The van der Waals surface area contributed by atoms with Gasteiger partial charge in [-0.05, 0) is 12.6 Å². The van der Waals surface area contributed by atoms with Gasteiger partial charge in [0.25, 0.3) is 0 Å². The lowest BCUT2D eigenvalue weighted by atomic mass is 10.0. The molecule has 2 N–H and O–H groups in total. The van der Waals surface area contributed by atoms with E-state index in [0.29, 0.717) is 6.04 Å². The van der Waals surface area contributed by atoms with Crippen LogP contribution in [0.25, 0.3) is 0 Å². The van der Waals surface area contributed by atoms with Crippen LogP contribution in [0.1, 0.15) is 11.6 Å². The fourth-order valence-corrected chi connectivity index (χ4v) is 2.05. The van der Waals surface area contributed by atoms with Crippen LogP contribution < -0.4 is 5.32 Å². The predicted octanol–water partition coefficient (Wildman–Crippen LogP) is 0.624. The summed E-state index contributed by atoms with van der Waals surface area (Å²) in [5.41, 5.74) is 1.32. The van der Waals surface area contributed by atoms with Crippen LogP contribution in [0, 0.1) is 0 Å². The second kappa shape index (κ2) is 4.75. The molecule has 0 aromatic heterocycles. The fourth-order valence-electron chi connectivity index (χ4n) is 2.05. The van der Waals surface area contributed by atoms with Gasteiger partial charge in [0.2, 0.25) is 0 Å². The van der Waals surface area contributed by atoms with E-state index >= 15 is 0 Å². The average molecular weight is 206 g/mol. The van der Waals surface area contributed by atoms with Crippen molar-refractivity contribution in [1.29, 1.82) is 0 Å². The lowest BCUT2D eigenvalue weighted by Crippen LogP contribution is -2.52. The lowest BCUT2D eigenvalue weighted by Gasteiger charge is -2.37. The maximum absolute atomic E-state index is 9.14. The average Bonchev–Trinajstić information content (AvgIpc) is 2.30. The number of nitrogens with one attached hydrogen (secondary N) is 1. The molecule has 3 nitrogen and oxygen atoms in total. The van der Waals surface area contributed by atoms with Gasteiger partial charge in [0.1, 0.15) is 0 Å². The summed E-state index contributed by atoms with van der Waals surface area (Å²) in [6.07, 6.45) is 0. The highest BCUT2D eigenvalue weighted by Crippen LogP contribution is 2.18. The van der Waals surface area contributed by atoms with Gasteiger partial charge in [-0.3, -0.25) is 4.90 Å². The summed E-state index contributed by atoms with van der Waals surface area (Å²) in [4.78, 5) is 2.22. The van der Waals surface area contributed by atoms with E-state index in [1.165, 1.54) is 5.56 Å². The second-order valence-electron chi connectivity index (χ2n) is 4.15. The molecule has 1 aliphatic rings. The Balaban J connectivity index is 2.03. The third-order valence-electron chi connectivity index (χ3n) is 3.11. The van der Waals surface area contributed by atoms with Gasteiger partial charge in [-0.15, -0.1) is 0 Å². The zero-order chi connectivity index (χ0) is 10.7. The van der Waals surface area contributed by atoms with Crippen molar-refractivity contribution in [2.24, 2.45) is 0 Å². The standard InChI is InChI=1S/C12H18N2O/c1-14-8-12(13-7-11(14)9-15)10-5-3-2-4-6-10/h2-6,11-13,15H,7-9H2,1H3. The van der Waals surface area contributed by atoms with Crippen LogP contribution in [0.2, 0.25) is 0 Å². The predicted molar refractivity (Wildman–Crippen MR) is 60.7 cm³/mol. The third kappa shape index (κ3) is 2.37. The molecule has 15 heavy (non-hydrogen) atoms. The minimum atomic E-state index is 0.227. The second-order valence-corrected chi connectivity index (χ2v) is 4.15. The number of aliphatic hydroxyl groups excluding tert-OH is 1. The van der Waals surface area contributed by atoms with Crippen LogP contribution in [0.4, 0.5) is 0 Å². The molecule has 0 radical (unpaired) electrons. The zero-order valence-corrected chi connectivity index (χ0v) is 9.06. The first-order chi connectivity index (χ1) is 7.31. The molecule has 1 aromatic carbocycles. The van der Waals surface area contributed by atoms with Gasteiger partial charge in [0.05, 0.1) is 6.61 Å². The third-order valence-corrected chi connectivity index (χ3v) is 3.11. The minimum Gasteiger partial charge on any atom is -0.395 e. The summed E-state index contributed by atoms with van der Waals surface area (Å²) < 4.78 is 0. The monoisotopic (exact) mass is 206 g/mol. The molecular formula is C12H18N2O.